The SMILES string of the molecule is C=C/C=C(\C=C)CSc1ccc(N)nn1. The highest BCUT2D eigenvalue weighted by Crippen LogP contribution is 2.18. The lowest BCUT2D eigenvalue weighted by atomic mass is 10.3. The zero-order valence-corrected chi connectivity index (χ0v) is 9.20. The third-order valence-corrected chi connectivity index (χ3v) is 2.63. The van der Waals surface area contributed by atoms with Crippen molar-refractivity contribution in [1.82, 2.24) is 10.2 Å². The Labute approximate surface area is 93.8 Å². The topological polar surface area (TPSA) is 51.8 Å². The molecule has 0 aromatic carbocycles. The summed E-state index contributed by atoms with van der Waals surface area (Å²) in [5.41, 5.74) is 6.54. The Morgan fingerprint density at radius 3 is 2.73 bits per heavy atom. The summed E-state index contributed by atoms with van der Waals surface area (Å²) in [7, 11) is 0. The van der Waals surface area contributed by atoms with Crippen LogP contribution in [0.4, 0.5) is 5.82 Å². The molecular formula is C11H13N3S. The molecule has 1 aromatic heterocycles. The molecule has 1 aromatic rings. The van der Waals surface area contributed by atoms with Crippen molar-refractivity contribution in [1.29, 1.82) is 0 Å². The summed E-state index contributed by atoms with van der Waals surface area (Å²) in [4.78, 5) is 0. The van der Waals surface area contributed by atoms with Gasteiger partial charge >= 0.3 is 0 Å². The summed E-state index contributed by atoms with van der Waals surface area (Å²) in [6.07, 6.45) is 5.47. The molecule has 0 spiro atoms. The molecule has 0 radical (unpaired) electrons. The third kappa shape index (κ3) is 3.99. The molecule has 78 valence electrons. The number of anilines is 1. The fourth-order valence-electron chi connectivity index (χ4n) is 0.891. The van der Waals surface area contributed by atoms with Gasteiger partial charge in [-0.15, -0.1) is 10.2 Å². The van der Waals surface area contributed by atoms with Gasteiger partial charge < -0.3 is 5.73 Å². The maximum absolute atomic E-state index is 5.43. The molecule has 0 unspecified atom stereocenters. The maximum Gasteiger partial charge on any atom is 0.146 e. The Morgan fingerprint density at radius 1 is 1.40 bits per heavy atom. The van der Waals surface area contributed by atoms with Crippen LogP contribution in [0, 0.1) is 0 Å². The first-order valence-corrected chi connectivity index (χ1v) is 5.41. The van der Waals surface area contributed by atoms with Gasteiger partial charge in [-0.25, -0.2) is 0 Å². The van der Waals surface area contributed by atoms with Gasteiger partial charge in [-0.05, 0) is 17.7 Å². The highest BCUT2D eigenvalue weighted by atomic mass is 32.2. The van der Waals surface area contributed by atoms with Crippen LogP contribution in [0.3, 0.4) is 0 Å². The molecule has 0 amide bonds. The van der Waals surface area contributed by atoms with Crippen LogP contribution in [0.25, 0.3) is 0 Å². The number of rotatable bonds is 5. The van der Waals surface area contributed by atoms with Crippen LogP contribution < -0.4 is 5.73 Å². The first-order chi connectivity index (χ1) is 7.26. The van der Waals surface area contributed by atoms with Gasteiger partial charge in [0.15, 0.2) is 0 Å². The summed E-state index contributed by atoms with van der Waals surface area (Å²) < 4.78 is 0. The van der Waals surface area contributed by atoms with Crippen LogP contribution in [-0.2, 0) is 0 Å². The van der Waals surface area contributed by atoms with Crippen molar-refractivity contribution in [2.24, 2.45) is 0 Å². The van der Waals surface area contributed by atoms with E-state index in [1.165, 1.54) is 0 Å². The largest absolute Gasteiger partial charge is 0.382 e. The Hall–Kier alpha value is -1.55. The summed E-state index contributed by atoms with van der Waals surface area (Å²) in [5, 5.41) is 8.56. The monoisotopic (exact) mass is 219 g/mol. The van der Waals surface area contributed by atoms with Gasteiger partial charge in [0.1, 0.15) is 10.8 Å². The number of hydrogen-bond acceptors (Lipinski definition) is 4. The van der Waals surface area contributed by atoms with Crippen molar-refractivity contribution in [3.63, 3.8) is 0 Å². The fraction of sp³-hybridized carbons (Fsp3) is 0.0909. The van der Waals surface area contributed by atoms with E-state index in [0.29, 0.717) is 5.82 Å². The predicted molar refractivity (Wildman–Crippen MR) is 65.6 cm³/mol. The second-order valence-electron chi connectivity index (χ2n) is 2.77. The molecule has 2 N–H and O–H groups in total. The van der Waals surface area contributed by atoms with Crippen molar-refractivity contribution in [3.05, 3.63) is 49.1 Å². The number of nitrogen functional groups attached to an aromatic ring is 1. The van der Waals surface area contributed by atoms with E-state index >= 15 is 0 Å². The molecule has 0 aliphatic carbocycles. The van der Waals surface area contributed by atoms with Crippen LogP contribution in [-0.4, -0.2) is 16.0 Å². The van der Waals surface area contributed by atoms with Crippen LogP contribution in [0.5, 0.6) is 0 Å². The van der Waals surface area contributed by atoms with Gasteiger partial charge in [-0.3, -0.25) is 0 Å². The molecule has 4 heteroatoms. The van der Waals surface area contributed by atoms with Gasteiger partial charge in [0.05, 0.1) is 0 Å². The van der Waals surface area contributed by atoms with Crippen LogP contribution in [0.2, 0.25) is 0 Å². The molecule has 1 heterocycles. The minimum atomic E-state index is 0.435. The van der Waals surface area contributed by atoms with Gasteiger partial charge in [0.2, 0.25) is 0 Å². The molecule has 0 saturated carbocycles. The molecule has 3 nitrogen and oxygen atoms in total. The van der Waals surface area contributed by atoms with E-state index in [9.17, 15) is 0 Å². The Morgan fingerprint density at radius 2 is 2.20 bits per heavy atom. The van der Waals surface area contributed by atoms with E-state index in [1.807, 2.05) is 12.1 Å². The fourth-order valence-corrected chi connectivity index (χ4v) is 1.68. The zero-order valence-electron chi connectivity index (χ0n) is 8.39. The second-order valence-corrected chi connectivity index (χ2v) is 3.76. The smallest absolute Gasteiger partial charge is 0.146 e. The molecule has 0 bridgehead atoms. The number of thioether (sulfide) groups is 1. The highest BCUT2D eigenvalue weighted by molar-refractivity contribution is 7.99. The van der Waals surface area contributed by atoms with E-state index < -0.39 is 0 Å². The van der Waals surface area contributed by atoms with Crippen LogP contribution in [0.15, 0.2) is 54.1 Å². The lowest BCUT2D eigenvalue weighted by Crippen LogP contribution is -1.93. The van der Waals surface area contributed by atoms with Crippen LogP contribution in [0.1, 0.15) is 0 Å². The maximum atomic E-state index is 5.43. The summed E-state index contributed by atoms with van der Waals surface area (Å²) in [5.74, 6) is 1.23. The number of allylic oxidation sites excluding steroid dienone is 3. The van der Waals surface area contributed by atoms with E-state index in [-0.39, 0.29) is 0 Å². The second kappa shape index (κ2) is 6.03. The van der Waals surface area contributed by atoms with E-state index in [1.54, 1.807) is 30.0 Å². The van der Waals surface area contributed by atoms with Crippen molar-refractivity contribution in [2.75, 3.05) is 11.5 Å². The highest BCUT2D eigenvalue weighted by Gasteiger charge is 1.97. The lowest BCUT2D eigenvalue weighted by molar-refractivity contribution is 0.939. The molecule has 1 rings (SSSR count). The van der Waals surface area contributed by atoms with Gasteiger partial charge in [-0.1, -0.05) is 43.1 Å². The average molecular weight is 219 g/mol. The molecule has 0 atom stereocenters. The van der Waals surface area contributed by atoms with Crippen LogP contribution >= 0.6 is 11.8 Å². The number of nitrogens with two attached hydrogens (primary N) is 1. The predicted octanol–water partition coefficient (Wildman–Crippen LogP) is 2.45. The number of nitrogens with zero attached hydrogens (tertiary/aromatic N) is 2. The van der Waals surface area contributed by atoms with E-state index in [0.717, 1.165) is 16.4 Å². The zero-order chi connectivity index (χ0) is 11.1. The number of aromatic nitrogens is 2. The average Bonchev–Trinajstić information content (AvgIpc) is 2.26. The Bertz CT molecular complexity index is 368. The molecule has 0 saturated heterocycles. The molecule has 0 aliphatic rings. The summed E-state index contributed by atoms with van der Waals surface area (Å²) in [6.45, 7) is 7.36. The van der Waals surface area contributed by atoms with E-state index in [4.69, 9.17) is 5.73 Å². The van der Waals surface area contributed by atoms with Gasteiger partial charge in [0, 0.05) is 5.75 Å². The molecule has 0 fully saturated rings. The molecule has 15 heavy (non-hydrogen) atoms. The minimum absolute atomic E-state index is 0.435. The molecule has 0 aliphatic heterocycles. The Kier molecular flexibility index (Phi) is 4.63. The number of hydrogen-bond donors (Lipinski definition) is 1. The standard InChI is InChI=1S/C11H13N3S/c1-3-5-9(4-2)8-15-11-7-6-10(12)13-14-11/h3-7H,1-2,8H2,(H2,12,13)/b9-5+. The first-order valence-electron chi connectivity index (χ1n) is 4.42. The van der Waals surface area contributed by atoms with Crippen molar-refractivity contribution in [2.45, 2.75) is 5.03 Å². The lowest BCUT2D eigenvalue weighted by Gasteiger charge is -2.00. The minimum Gasteiger partial charge on any atom is -0.382 e. The molecular weight excluding hydrogens is 206 g/mol. The van der Waals surface area contributed by atoms with Crippen molar-refractivity contribution < 1.29 is 0 Å². The van der Waals surface area contributed by atoms with Gasteiger partial charge in [0.25, 0.3) is 0 Å². The van der Waals surface area contributed by atoms with E-state index in [2.05, 4.69) is 23.4 Å². The summed E-state index contributed by atoms with van der Waals surface area (Å²) in [6, 6.07) is 3.59. The summed E-state index contributed by atoms with van der Waals surface area (Å²) >= 11 is 1.59. The quantitative estimate of drug-likeness (QED) is 0.610. The van der Waals surface area contributed by atoms with Gasteiger partial charge in [-0.2, -0.15) is 0 Å². The van der Waals surface area contributed by atoms with Crippen molar-refractivity contribution in [3.8, 4) is 0 Å². The Balaban J connectivity index is 2.56. The first kappa shape index (κ1) is 11.5. The third-order valence-electron chi connectivity index (χ3n) is 1.64. The van der Waals surface area contributed by atoms with Crippen molar-refractivity contribution >= 4 is 17.6 Å². The normalized spacial score (nSPS) is 11.1.